The molecule has 4 rings (SSSR count). The first-order valence-electron chi connectivity index (χ1n) is 8.32. The molecule has 0 N–H and O–H groups in total. The van der Waals surface area contributed by atoms with E-state index in [2.05, 4.69) is 0 Å². The number of aryl methyl sites for hydroxylation is 2. The summed E-state index contributed by atoms with van der Waals surface area (Å²) < 4.78 is 55.2. The van der Waals surface area contributed by atoms with Gasteiger partial charge in [-0.2, -0.15) is 0 Å². The first-order valence-corrected chi connectivity index (χ1v) is 8.32. The molecule has 0 saturated heterocycles. The number of fused-ring (bicyclic) bond motifs is 2. The quantitative estimate of drug-likeness (QED) is 0.184. The van der Waals surface area contributed by atoms with Crippen LogP contribution in [0.4, 0.5) is 17.3 Å². The van der Waals surface area contributed by atoms with Crippen LogP contribution in [0.15, 0.2) is 65.3 Å². The van der Waals surface area contributed by atoms with Gasteiger partial charge in [0, 0.05) is 5.56 Å². The first-order chi connectivity index (χ1) is 13.5. The average molecular weight is 408 g/mol. The maximum absolute atomic E-state index is 12.5. The van der Waals surface area contributed by atoms with E-state index >= 15 is 0 Å². The molecule has 0 spiro atoms. The molecule has 3 heterocycles. The molecule has 0 fully saturated rings. The van der Waals surface area contributed by atoms with Crippen LogP contribution >= 0.6 is 0 Å². The molecule has 0 aliphatic rings. The fourth-order valence-electron chi connectivity index (χ4n) is 2.92. The third-order valence-corrected chi connectivity index (χ3v) is 3.86. The highest BCUT2D eigenvalue weighted by atomic mass is 19.5. The molecule has 4 aromatic rings. The Labute approximate surface area is 160 Å². The third kappa shape index (κ3) is 4.53. The minimum Gasteiger partial charge on any atom is -0.427 e. The molecule has 0 saturated carbocycles. The van der Waals surface area contributed by atoms with Crippen molar-refractivity contribution in [1.29, 1.82) is 0 Å². The molecule has 10 heteroatoms. The lowest BCUT2D eigenvalue weighted by atomic mass is 9.99. The second kappa shape index (κ2) is 7.54. The standard InChI is InChI=1S/C19H13O5.BF4/c1-10-8-13-16(18(20)22-10)15(12-6-4-3-5-7-12)17-14(24-13)9-11(2)23-19(17)21;2-1(3,4)5/h3-9H,1-2H3;/q+1;-1. The van der Waals surface area contributed by atoms with Crippen molar-refractivity contribution in [2.24, 2.45) is 0 Å². The molecule has 0 radical (unpaired) electrons. The second-order valence-electron chi connectivity index (χ2n) is 6.11. The van der Waals surface area contributed by atoms with E-state index < -0.39 is 18.5 Å². The summed E-state index contributed by atoms with van der Waals surface area (Å²) in [7, 11) is -6.00. The summed E-state index contributed by atoms with van der Waals surface area (Å²) in [6, 6.07) is 12.5. The molecular formula is C19H13BF4O5. The zero-order valence-electron chi connectivity index (χ0n) is 15.2. The number of halogens is 4. The molecule has 3 aromatic heterocycles. The second-order valence-corrected chi connectivity index (χ2v) is 6.11. The molecule has 29 heavy (non-hydrogen) atoms. The largest absolute Gasteiger partial charge is 0.673 e. The molecule has 0 aliphatic heterocycles. The van der Waals surface area contributed by atoms with Gasteiger partial charge in [0.1, 0.15) is 11.5 Å². The summed E-state index contributed by atoms with van der Waals surface area (Å²) in [5.74, 6) is 0.878. The van der Waals surface area contributed by atoms with Crippen LogP contribution in [0.3, 0.4) is 0 Å². The van der Waals surface area contributed by atoms with Crippen molar-refractivity contribution in [3.05, 3.63) is 74.8 Å². The number of benzene rings is 1. The van der Waals surface area contributed by atoms with Crippen molar-refractivity contribution in [3.63, 3.8) is 0 Å². The molecule has 0 amide bonds. The zero-order chi connectivity index (χ0) is 21.3. The van der Waals surface area contributed by atoms with Crippen LogP contribution in [0.2, 0.25) is 0 Å². The lowest BCUT2D eigenvalue weighted by molar-refractivity contribution is 0.368. The Morgan fingerprint density at radius 1 is 0.793 bits per heavy atom. The Balaban J connectivity index is 0.000000431. The van der Waals surface area contributed by atoms with Gasteiger partial charge in [-0.25, -0.2) is 14.0 Å². The molecule has 0 unspecified atom stereocenters. The van der Waals surface area contributed by atoms with Crippen LogP contribution in [0.1, 0.15) is 11.5 Å². The Hall–Kier alpha value is -3.43. The minimum atomic E-state index is -6.00. The highest BCUT2D eigenvalue weighted by Crippen LogP contribution is 2.33. The van der Waals surface area contributed by atoms with Gasteiger partial charge in [-0.1, -0.05) is 30.3 Å². The normalized spacial score (nSPS) is 11.4. The number of hydrogen-bond acceptors (Lipinski definition) is 4. The van der Waals surface area contributed by atoms with Gasteiger partial charge in [-0.3, -0.25) is 0 Å². The Bertz CT molecular complexity index is 1230. The molecular weight excluding hydrogens is 395 g/mol. The molecule has 150 valence electrons. The van der Waals surface area contributed by atoms with Gasteiger partial charge in [-0.15, -0.1) is 0 Å². The SMILES string of the molecule is Cc1cc2[o+]c3cc(C)oc(=O)c3c(-c3ccccc3)c2c(=O)o1.F[B-](F)(F)F. The smallest absolute Gasteiger partial charge is 0.427 e. The number of rotatable bonds is 1. The summed E-state index contributed by atoms with van der Waals surface area (Å²) >= 11 is 0. The van der Waals surface area contributed by atoms with Crippen molar-refractivity contribution in [2.45, 2.75) is 13.8 Å². The van der Waals surface area contributed by atoms with Gasteiger partial charge in [0.15, 0.2) is 10.8 Å². The van der Waals surface area contributed by atoms with E-state index in [1.54, 1.807) is 26.0 Å². The first kappa shape index (κ1) is 20.3. The highest BCUT2D eigenvalue weighted by molar-refractivity contribution is 6.50. The fourth-order valence-corrected chi connectivity index (χ4v) is 2.92. The van der Waals surface area contributed by atoms with E-state index in [4.69, 9.17) is 13.3 Å². The van der Waals surface area contributed by atoms with E-state index in [0.29, 0.717) is 28.2 Å². The fraction of sp³-hybridized carbons (Fsp3) is 0.105. The summed E-state index contributed by atoms with van der Waals surface area (Å²) in [4.78, 5) is 24.9. The molecule has 0 atom stereocenters. The van der Waals surface area contributed by atoms with Crippen molar-refractivity contribution in [2.75, 3.05) is 0 Å². The van der Waals surface area contributed by atoms with Gasteiger partial charge in [-0.05, 0) is 19.4 Å². The summed E-state index contributed by atoms with van der Waals surface area (Å²) in [6.45, 7) is 3.35. The van der Waals surface area contributed by atoms with Crippen LogP contribution < -0.4 is 11.3 Å². The Morgan fingerprint density at radius 2 is 1.21 bits per heavy atom. The molecule has 0 bridgehead atoms. The third-order valence-electron chi connectivity index (χ3n) is 3.86. The molecule has 1 aromatic carbocycles. The lowest BCUT2D eigenvalue weighted by Crippen LogP contribution is -2.08. The van der Waals surface area contributed by atoms with Crippen LogP contribution in [0.25, 0.3) is 33.1 Å². The average Bonchev–Trinajstić information content (AvgIpc) is 2.58. The maximum Gasteiger partial charge on any atom is 0.673 e. The van der Waals surface area contributed by atoms with Crippen LogP contribution in [0.5, 0.6) is 0 Å². The molecule has 0 aliphatic carbocycles. The van der Waals surface area contributed by atoms with E-state index in [-0.39, 0.29) is 10.8 Å². The van der Waals surface area contributed by atoms with Crippen LogP contribution in [0, 0.1) is 13.8 Å². The van der Waals surface area contributed by atoms with Gasteiger partial charge in [0.25, 0.3) is 0 Å². The minimum absolute atomic E-state index is 0.232. The summed E-state index contributed by atoms with van der Waals surface area (Å²) in [5, 5.41) is 0.464. The van der Waals surface area contributed by atoms with Crippen LogP contribution in [-0.4, -0.2) is 7.25 Å². The van der Waals surface area contributed by atoms with E-state index in [0.717, 1.165) is 5.56 Å². The highest BCUT2D eigenvalue weighted by Gasteiger charge is 2.27. The van der Waals surface area contributed by atoms with E-state index in [9.17, 15) is 26.9 Å². The summed E-state index contributed by atoms with van der Waals surface area (Å²) in [6.07, 6.45) is 0. The monoisotopic (exact) mass is 408 g/mol. The van der Waals surface area contributed by atoms with E-state index in [1.807, 2.05) is 30.3 Å². The van der Waals surface area contributed by atoms with Gasteiger partial charge >= 0.3 is 29.7 Å². The predicted molar refractivity (Wildman–Crippen MR) is 100 cm³/mol. The number of hydrogen-bond donors (Lipinski definition) is 0. The van der Waals surface area contributed by atoms with Gasteiger partial charge in [0.2, 0.25) is 0 Å². The van der Waals surface area contributed by atoms with Gasteiger partial charge in [0.05, 0.1) is 12.1 Å². The Morgan fingerprint density at radius 3 is 1.62 bits per heavy atom. The lowest BCUT2D eigenvalue weighted by Gasteiger charge is -2.04. The van der Waals surface area contributed by atoms with Gasteiger partial charge < -0.3 is 26.1 Å². The summed E-state index contributed by atoms with van der Waals surface area (Å²) in [5.41, 5.74) is 0.842. The molecule has 5 nitrogen and oxygen atoms in total. The topological polar surface area (TPSA) is 71.7 Å². The van der Waals surface area contributed by atoms with E-state index in [1.165, 1.54) is 0 Å². The Kier molecular flexibility index (Phi) is 5.28. The van der Waals surface area contributed by atoms with Crippen molar-refractivity contribution in [1.82, 2.24) is 0 Å². The van der Waals surface area contributed by atoms with Crippen molar-refractivity contribution in [3.8, 4) is 11.1 Å². The predicted octanol–water partition coefficient (Wildman–Crippen LogP) is 5.36. The van der Waals surface area contributed by atoms with Crippen molar-refractivity contribution >= 4 is 29.2 Å². The maximum atomic E-state index is 12.5. The van der Waals surface area contributed by atoms with Crippen molar-refractivity contribution < 1.29 is 30.5 Å². The van der Waals surface area contributed by atoms with Crippen LogP contribution in [-0.2, 0) is 0 Å². The zero-order valence-corrected chi connectivity index (χ0v) is 15.2.